The highest BCUT2D eigenvalue weighted by molar-refractivity contribution is 7.26. The van der Waals surface area contributed by atoms with Gasteiger partial charge in [-0.15, -0.1) is 22.7 Å². The molecule has 0 radical (unpaired) electrons. The van der Waals surface area contributed by atoms with E-state index in [4.69, 9.17) is 29.9 Å². The monoisotopic (exact) mass is 1380 g/mol. The molecule has 4 heterocycles. The number of nitrogens with zero attached hydrogens (tertiary/aromatic N) is 6. The highest BCUT2D eigenvalue weighted by Crippen LogP contribution is 2.51. The standard InChI is InChI=1S/C98H58N6S2/c1-4-18-63(19-5-1)93-99-96(102-97(100-93)67-46-42-62(43-47-67)75-30-16-34-88-91(75)85-58-71(50-55-87(85)105-88)74-52-53-82-77-26-11-10-25-76(77)80-32-15-31-79(74)90(80)82)66-44-38-59(39-45-66)68-48-51-73-70(56-68)24-14-29-72(73)61-40-36-60(37-41-61)69-49-54-86-84(57-69)92-81(33-17-35-89(92)106-86)78-27-12-13-28-83(78)98-103-94(64-20-6-2-7-21-64)101-95(104-98)65-22-8-3-9-23-65/h1-58H. The Morgan fingerprint density at radius 1 is 0.151 bits per heavy atom. The summed E-state index contributed by atoms with van der Waals surface area (Å²) < 4.78 is 5.00. The normalized spacial score (nSPS) is 11.8. The average molecular weight is 1380 g/mol. The van der Waals surface area contributed by atoms with Crippen molar-refractivity contribution in [2.75, 3.05) is 0 Å². The first kappa shape index (κ1) is 61.2. The van der Waals surface area contributed by atoms with Crippen LogP contribution in [0.15, 0.2) is 352 Å². The lowest BCUT2D eigenvalue weighted by molar-refractivity contribution is 1.07. The number of hydrogen-bond acceptors (Lipinski definition) is 8. The van der Waals surface area contributed by atoms with Gasteiger partial charge in [0.05, 0.1) is 0 Å². The fraction of sp³-hybridized carbons (Fsp3) is 0. The van der Waals surface area contributed by atoms with Crippen molar-refractivity contribution in [3.05, 3.63) is 352 Å². The minimum Gasteiger partial charge on any atom is -0.208 e. The molecule has 6 nitrogen and oxygen atoms in total. The van der Waals surface area contributed by atoms with Crippen molar-refractivity contribution in [2.45, 2.75) is 0 Å². The second-order valence-corrected chi connectivity index (χ2v) is 29.3. The average Bonchev–Trinajstić information content (AvgIpc) is 1.57. The van der Waals surface area contributed by atoms with Crippen LogP contribution < -0.4 is 0 Å². The molecule has 0 aliphatic heterocycles. The van der Waals surface area contributed by atoms with E-state index < -0.39 is 0 Å². The minimum absolute atomic E-state index is 0.615. The van der Waals surface area contributed by atoms with E-state index in [0.29, 0.717) is 34.9 Å². The Kier molecular flexibility index (Phi) is 14.5. The summed E-state index contributed by atoms with van der Waals surface area (Å²) in [6.07, 6.45) is 0. The van der Waals surface area contributed by atoms with Crippen LogP contribution in [0, 0.1) is 0 Å². The van der Waals surface area contributed by atoms with Crippen LogP contribution in [-0.4, -0.2) is 29.9 Å². The van der Waals surface area contributed by atoms with Crippen LogP contribution in [0.5, 0.6) is 0 Å². The molecular weight excluding hydrogens is 1330 g/mol. The summed E-state index contributed by atoms with van der Waals surface area (Å²) in [4.78, 5) is 30.8. The van der Waals surface area contributed by atoms with Crippen molar-refractivity contribution in [3.63, 3.8) is 0 Å². The molecule has 106 heavy (non-hydrogen) atoms. The van der Waals surface area contributed by atoms with E-state index in [1.54, 1.807) is 0 Å². The Bertz CT molecular complexity index is 6820. The number of thiophene rings is 2. The second kappa shape index (κ2) is 25.2. The van der Waals surface area contributed by atoms with Crippen LogP contribution in [0.3, 0.4) is 0 Å². The molecule has 1 aliphatic carbocycles. The fourth-order valence-electron chi connectivity index (χ4n) is 15.9. The molecule has 21 rings (SSSR count). The maximum atomic E-state index is 5.21. The molecule has 16 aromatic carbocycles. The van der Waals surface area contributed by atoms with Gasteiger partial charge in [-0.25, -0.2) is 29.9 Å². The zero-order chi connectivity index (χ0) is 69.8. The van der Waals surface area contributed by atoms with Crippen molar-refractivity contribution in [3.8, 4) is 157 Å². The first-order valence-electron chi connectivity index (χ1n) is 35.7. The Morgan fingerprint density at radius 3 is 1.05 bits per heavy atom. The molecular formula is C98H58N6S2. The van der Waals surface area contributed by atoms with Crippen LogP contribution >= 0.6 is 22.7 Å². The zero-order valence-corrected chi connectivity index (χ0v) is 58.6. The number of benzene rings is 16. The van der Waals surface area contributed by atoms with Crippen LogP contribution in [0.25, 0.3) is 219 Å². The van der Waals surface area contributed by atoms with Crippen LogP contribution in [0.4, 0.5) is 0 Å². The lowest BCUT2D eigenvalue weighted by Gasteiger charge is -2.13. The van der Waals surface area contributed by atoms with Gasteiger partial charge >= 0.3 is 0 Å². The Morgan fingerprint density at radius 2 is 0.491 bits per heavy atom. The molecule has 0 fully saturated rings. The molecule has 0 atom stereocenters. The third-order valence-electron chi connectivity index (χ3n) is 21.0. The van der Waals surface area contributed by atoms with E-state index in [0.717, 1.165) is 77.9 Å². The lowest BCUT2D eigenvalue weighted by atomic mass is 9.93. The molecule has 0 amide bonds. The van der Waals surface area contributed by atoms with E-state index >= 15 is 0 Å². The molecule has 0 N–H and O–H groups in total. The summed E-state index contributed by atoms with van der Waals surface area (Å²) in [5.74, 6) is 3.76. The van der Waals surface area contributed by atoms with Gasteiger partial charge in [0.1, 0.15) is 0 Å². The number of hydrogen-bond donors (Lipinski definition) is 0. The third-order valence-corrected chi connectivity index (χ3v) is 23.3. The van der Waals surface area contributed by atoms with Gasteiger partial charge < -0.3 is 0 Å². The molecule has 4 aromatic heterocycles. The van der Waals surface area contributed by atoms with Gasteiger partial charge in [-0.05, 0) is 153 Å². The third kappa shape index (κ3) is 10.5. The maximum Gasteiger partial charge on any atom is 0.164 e. The summed E-state index contributed by atoms with van der Waals surface area (Å²) >= 11 is 3.68. The Hall–Kier alpha value is -13.5. The Labute approximate surface area is 619 Å². The van der Waals surface area contributed by atoms with Gasteiger partial charge in [-0.1, -0.05) is 309 Å². The molecule has 20 aromatic rings. The molecule has 0 unspecified atom stereocenters. The molecule has 0 saturated heterocycles. The van der Waals surface area contributed by atoms with Crippen molar-refractivity contribution in [1.82, 2.24) is 29.9 Å². The number of fused-ring (bicyclic) bond motifs is 10. The van der Waals surface area contributed by atoms with E-state index in [9.17, 15) is 0 Å². The Balaban J connectivity index is 0.559. The molecule has 492 valence electrons. The summed E-state index contributed by atoms with van der Waals surface area (Å²) in [5.41, 5.74) is 24.8. The molecule has 0 bridgehead atoms. The van der Waals surface area contributed by atoms with Crippen LogP contribution in [0.2, 0.25) is 0 Å². The van der Waals surface area contributed by atoms with Crippen molar-refractivity contribution in [1.29, 1.82) is 0 Å². The highest BCUT2D eigenvalue weighted by atomic mass is 32.1. The fourth-order valence-corrected chi connectivity index (χ4v) is 18.1. The van der Waals surface area contributed by atoms with E-state index in [1.165, 1.54) is 106 Å². The predicted molar refractivity (Wildman–Crippen MR) is 444 cm³/mol. The largest absolute Gasteiger partial charge is 0.208 e. The van der Waals surface area contributed by atoms with Gasteiger partial charge in [-0.2, -0.15) is 0 Å². The van der Waals surface area contributed by atoms with Crippen LogP contribution in [0.1, 0.15) is 0 Å². The smallest absolute Gasteiger partial charge is 0.164 e. The summed E-state index contributed by atoms with van der Waals surface area (Å²) in [7, 11) is 0. The summed E-state index contributed by atoms with van der Waals surface area (Å²) in [6.45, 7) is 0. The van der Waals surface area contributed by atoms with Gasteiger partial charge in [-0.3, -0.25) is 0 Å². The number of rotatable bonds is 12. The van der Waals surface area contributed by atoms with Crippen molar-refractivity contribution < 1.29 is 0 Å². The van der Waals surface area contributed by atoms with Gasteiger partial charge in [0.15, 0.2) is 34.9 Å². The first-order valence-corrected chi connectivity index (χ1v) is 37.3. The van der Waals surface area contributed by atoms with Gasteiger partial charge in [0, 0.05) is 73.7 Å². The van der Waals surface area contributed by atoms with Crippen LogP contribution in [-0.2, 0) is 0 Å². The number of aromatic nitrogens is 6. The van der Waals surface area contributed by atoms with Crippen molar-refractivity contribution in [2.24, 2.45) is 0 Å². The molecule has 0 saturated carbocycles. The summed E-state index contributed by atoms with van der Waals surface area (Å²) in [6, 6.07) is 126. The van der Waals surface area contributed by atoms with Gasteiger partial charge in [0.2, 0.25) is 0 Å². The zero-order valence-electron chi connectivity index (χ0n) is 57.0. The van der Waals surface area contributed by atoms with Gasteiger partial charge in [0.25, 0.3) is 0 Å². The van der Waals surface area contributed by atoms with E-state index in [1.807, 2.05) is 77.3 Å². The lowest BCUT2D eigenvalue weighted by Crippen LogP contribution is -2.01. The maximum absolute atomic E-state index is 5.21. The molecule has 1 aliphatic rings. The highest BCUT2D eigenvalue weighted by Gasteiger charge is 2.25. The topological polar surface area (TPSA) is 77.3 Å². The second-order valence-electron chi connectivity index (χ2n) is 27.1. The SMILES string of the molecule is c1ccc(-c2nc(-c3ccc(-c4ccc5c(-c6ccc(-c7ccc8sc9cccc(-c%10ccccc%10-c%10nc(-c%11ccccc%11)nc(-c%11ccccc%11)n%10)c9c8c7)cc6)cccc5c4)cc3)nc(-c3ccc(-c4cccc5sc6ccc(-c7ccc8c9c(cccc79)-c7ccccc7-8)cc6c45)cc3)n2)cc1. The molecule has 8 heteroatoms. The first-order chi connectivity index (χ1) is 52.5. The predicted octanol–water partition coefficient (Wildman–Crippen LogP) is 26.8. The van der Waals surface area contributed by atoms with E-state index in [-0.39, 0.29) is 0 Å². The van der Waals surface area contributed by atoms with Crippen molar-refractivity contribution >= 4 is 84.6 Å². The van der Waals surface area contributed by atoms with E-state index in [2.05, 4.69) is 297 Å². The molecule has 0 spiro atoms. The quantitative estimate of drug-likeness (QED) is 0.121. The minimum atomic E-state index is 0.615. The summed E-state index contributed by atoms with van der Waals surface area (Å²) in [5, 5.41) is 9.97.